The Morgan fingerprint density at radius 1 is 1.58 bits per heavy atom. The number of nitrogens with one attached hydrogen (secondary N) is 2. The molecule has 1 aliphatic carbocycles. The summed E-state index contributed by atoms with van der Waals surface area (Å²) in [5.41, 5.74) is 0.758. The fraction of sp³-hybridized carbons (Fsp3) is 0.417. The van der Waals surface area contributed by atoms with Crippen molar-refractivity contribution in [1.82, 2.24) is 25.3 Å². The van der Waals surface area contributed by atoms with Crippen molar-refractivity contribution in [2.45, 2.75) is 23.9 Å². The van der Waals surface area contributed by atoms with Gasteiger partial charge in [-0.25, -0.2) is 0 Å². The predicted octanol–water partition coefficient (Wildman–Crippen LogP) is 1.46. The van der Waals surface area contributed by atoms with Gasteiger partial charge in [0, 0.05) is 24.5 Å². The second kappa shape index (κ2) is 5.48. The van der Waals surface area contributed by atoms with Crippen LogP contribution in [0.4, 0.5) is 0 Å². The van der Waals surface area contributed by atoms with E-state index >= 15 is 0 Å². The number of thioether (sulfide) groups is 1. The third-order valence-electron chi connectivity index (χ3n) is 2.98. The van der Waals surface area contributed by atoms with E-state index in [1.165, 1.54) is 12.8 Å². The zero-order valence-corrected chi connectivity index (χ0v) is 11.2. The van der Waals surface area contributed by atoms with Crippen molar-refractivity contribution < 1.29 is 4.79 Å². The molecule has 19 heavy (non-hydrogen) atoms. The van der Waals surface area contributed by atoms with Gasteiger partial charge in [0.1, 0.15) is 10.7 Å². The molecule has 0 aliphatic heterocycles. The highest BCUT2D eigenvalue weighted by Crippen LogP contribution is 2.35. The van der Waals surface area contributed by atoms with Gasteiger partial charge in [0.15, 0.2) is 0 Å². The molecule has 0 spiro atoms. The van der Waals surface area contributed by atoms with Gasteiger partial charge in [-0.05, 0) is 25.0 Å². The molecule has 2 aromatic heterocycles. The number of rotatable bonds is 6. The molecule has 6 nitrogen and oxygen atoms in total. The molecule has 0 atom stereocenters. The average molecular weight is 277 g/mol. The van der Waals surface area contributed by atoms with E-state index in [0.717, 1.165) is 16.5 Å². The maximum atomic E-state index is 12.0. The number of H-pyrrole nitrogens is 1. The molecule has 0 aromatic carbocycles. The minimum atomic E-state index is -0.00217. The maximum Gasteiger partial charge on any atom is 0.267 e. The summed E-state index contributed by atoms with van der Waals surface area (Å²) in [6, 6.07) is 4.33. The molecule has 0 bridgehead atoms. The highest BCUT2D eigenvalue weighted by atomic mass is 32.2. The van der Waals surface area contributed by atoms with Gasteiger partial charge in [-0.3, -0.25) is 4.79 Å². The van der Waals surface area contributed by atoms with Crippen LogP contribution in [0.1, 0.15) is 29.4 Å². The summed E-state index contributed by atoms with van der Waals surface area (Å²) < 4.78 is 2.07. The quantitative estimate of drug-likeness (QED) is 0.619. The van der Waals surface area contributed by atoms with Crippen molar-refractivity contribution in [2.75, 3.05) is 12.3 Å². The Labute approximate surface area is 115 Å². The summed E-state index contributed by atoms with van der Waals surface area (Å²) in [4.78, 5) is 12.0. The third-order valence-corrected chi connectivity index (χ3v) is 3.88. The van der Waals surface area contributed by atoms with Crippen molar-refractivity contribution in [2.24, 2.45) is 0 Å². The number of nitrogens with zero attached hydrogens (tertiary/aromatic N) is 3. The topological polar surface area (TPSA) is 75.6 Å². The van der Waals surface area contributed by atoms with E-state index < -0.39 is 0 Å². The summed E-state index contributed by atoms with van der Waals surface area (Å²) in [5.74, 6) is 0.778. The lowest BCUT2D eigenvalue weighted by atomic mass is 10.4. The Morgan fingerprint density at radius 3 is 3.21 bits per heavy atom. The molecule has 1 saturated carbocycles. The first kappa shape index (κ1) is 12.3. The van der Waals surface area contributed by atoms with Crippen LogP contribution in [0, 0.1) is 0 Å². The first-order valence-corrected chi connectivity index (χ1v) is 7.27. The fourth-order valence-corrected chi connectivity index (χ4v) is 2.57. The van der Waals surface area contributed by atoms with Gasteiger partial charge in [0.2, 0.25) is 0 Å². The summed E-state index contributed by atoms with van der Waals surface area (Å²) >= 11 is 1.56. The van der Waals surface area contributed by atoms with Gasteiger partial charge in [-0.15, -0.1) is 16.9 Å². The largest absolute Gasteiger partial charge is 0.350 e. The van der Waals surface area contributed by atoms with Crippen molar-refractivity contribution in [3.05, 3.63) is 30.2 Å². The van der Waals surface area contributed by atoms with Crippen molar-refractivity contribution in [3.8, 4) is 0 Å². The molecule has 0 unspecified atom stereocenters. The molecule has 2 N–H and O–H groups in total. The summed E-state index contributed by atoms with van der Waals surface area (Å²) in [7, 11) is 0. The minimum Gasteiger partial charge on any atom is -0.350 e. The van der Waals surface area contributed by atoms with E-state index in [4.69, 9.17) is 0 Å². The standard InChI is InChI=1S/C12H15N5OS/c18-12(10-2-1-6-17(10)9-3-4-9)13-5-7-19-11-8-14-16-15-11/h1-2,6,8-9H,3-5,7H2,(H,13,18)(H,14,15,16). The molecule has 1 fully saturated rings. The minimum absolute atomic E-state index is 0.00217. The molecular weight excluding hydrogens is 262 g/mol. The van der Waals surface area contributed by atoms with Crippen LogP contribution < -0.4 is 5.32 Å². The highest BCUT2D eigenvalue weighted by molar-refractivity contribution is 7.99. The first-order valence-electron chi connectivity index (χ1n) is 6.28. The molecule has 2 heterocycles. The van der Waals surface area contributed by atoms with Gasteiger partial charge in [-0.2, -0.15) is 10.3 Å². The molecule has 0 saturated heterocycles. The van der Waals surface area contributed by atoms with E-state index in [9.17, 15) is 4.79 Å². The Hall–Kier alpha value is -1.76. The Bertz CT molecular complexity index is 546. The van der Waals surface area contributed by atoms with Crippen LogP contribution in [0.15, 0.2) is 29.6 Å². The zero-order valence-electron chi connectivity index (χ0n) is 10.4. The van der Waals surface area contributed by atoms with E-state index in [0.29, 0.717) is 12.6 Å². The fourth-order valence-electron chi connectivity index (χ4n) is 1.93. The molecule has 1 aliphatic rings. The highest BCUT2D eigenvalue weighted by Gasteiger charge is 2.26. The van der Waals surface area contributed by atoms with Crippen LogP contribution in [-0.4, -0.2) is 38.2 Å². The van der Waals surface area contributed by atoms with Crippen LogP contribution in [-0.2, 0) is 0 Å². The smallest absolute Gasteiger partial charge is 0.267 e. The van der Waals surface area contributed by atoms with Crippen molar-refractivity contribution in [3.63, 3.8) is 0 Å². The first-order chi connectivity index (χ1) is 9.34. The van der Waals surface area contributed by atoms with Gasteiger partial charge >= 0.3 is 0 Å². The maximum absolute atomic E-state index is 12.0. The molecule has 0 radical (unpaired) electrons. The third kappa shape index (κ3) is 2.98. The van der Waals surface area contributed by atoms with E-state index in [-0.39, 0.29) is 5.91 Å². The second-order valence-corrected chi connectivity index (χ2v) is 5.56. The Kier molecular flexibility index (Phi) is 3.54. The van der Waals surface area contributed by atoms with E-state index in [2.05, 4.69) is 25.3 Å². The lowest BCUT2D eigenvalue weighted by Crippen LogP contribution is -2.27. The SMILES string of the molecule is O=C(NCCSc1cn[nH]n1)c1cccn1C1CC1. The van der Waals surface area contributed by atoms with Crippen molar-refractivity contribution in [1.29, 1.82) is 0 Å². The van der Waals surface area contributed by atoms with Crippen LogP contribution in [0.5, 0.6) is 0 Å². The van der Waals surface area contributed by atoms with Crippen LogP contribution in [0.3, 0.4) is 0 Å². The number of hydrogen-bond donors (Lipinski definition) is 2. The summed E-state index contributed by atoms with van der Waals surface area (Å²) in [6.07, 6.45) is 6.01. The molecule has 100 valence electrons. The van der Waals surface area contributed by atoms with Gasteiger partial charge in [0.25, 0.3) is 5.91 Å². The molecule has 1 amide bonds. The zero-order chi connectivity index (χ0) is 13.1. The number of carbonyl (C=O) groups excluding carboxylic acids is 1. The van der Waals surface area contributed by atoms with Crippen molar-refractivity contribution >= 4 is 17.7 Å². The van der Waals surface area contributed by atoms with Crippen LogP contribution >= 0.6 is 11.8 Å². The number of amides is 1. The number of carbonyl (C=O) groups is 1. The van der Waals surface area contributed by atoms with Gasteiger partial charge < -0.3 is 9.88 Å². The predicted molar refractivity (Wildman–Crippen MR) is 72.1 cm³/mol. The Morgan fingerprint density at radius 2 is 2.47 bits per heavy atom. The number of aromatic nitrogens is 4. The molecule has 3 rings (SSSR count). The van der Waals surface area contributed by atoms with E-state index in [1.807, 2.05) is 18.3 Å². The van der Waals surface area contributed by atoms with E-state index in [1.54, 1.807) is 18.0 Å². The average Bonchev–Trinajstić information content (AvgIpc) is 2.95. The lowest BCUT2D eigenvalue weighted by molar-refractivity contribution is 0.0946. The lowest BCUT2D eigenvalue weighted by Gasteiger charge is -2.08. The molecular formula is C12H15N5OS. The normalized spacial score (nSPS) is 14.5. The monoisotopic (exact) mass is 277 g/mol. The van der Waals surface area contributed by atoms with Gasteiger partial charge in [-0.1, -0.05) is 0 Å². The molecule has 2 aromatic rings. The van der Waals surface area contributed by atoms with Crippen LogP contribution in [0.25, 0.3) is 0 Å². The Balaban J connectivity index is 1.47. The van der Waals surface area contributed by atoms with Crippen LogP contribution in [0.2, 0.25) is 0 Å². The number of hydrogen-bond acceptors (Lipinski definition) is 4. The molecule has 7 heteroatoms. The number of aromatic amines is 1. The summed E-state index contributed by atoms with van der Waals surface area (Å²) in [6.45, 7) is 0.617. The summed E-state index contributed by atoms with van der Waals surface area (Å²) in [5, 5.41) is 14.0. The second-order valence-electron chi connectivity index (χ2n) is 4.44. The van der Waals surface area contributed by atoms with Gasteiger partial charge in [0.05, 0.1) is 6.20 Å².